The SMILES string of the molecule is O=C(N/N=C/c1ccc(OC(=O)c2ccc(Cl)cc2Cl)cc1)C(=O)Nc1ccc(Br)cc1. The number of halogens is 3. The molecule has 0 atom stereocenters. The highest BCUT2D eigenvalue weighted by Gasteiger charge is 2.14. The van der Waals surface area contributed by atoms with E-state index in [-0.39, 0.29) is 16.3 Å². The summed E-state index contributed by atoms with van der Waals surface area (Å²) in [7, 11) is 0. The smallest absolute Gasteiger partial charge is 0.345 e. The Kier molecular flexibility index (Phi) is 7.99. The molecule has 2 N–H and O–H groups in total. The Labute approximate surface area is 201 Å². The molecule has 0 saturated heterocycles. The van der Waals surface area contributed by atoms with Crippen molar-refractivity contribution in [3.8, 4) is 5.75 Å². The largest absolute Gasteiger partial charge is 0.423 e. The number of benzene rings is 3. The number of carbonyl (C=O) groups is 3. The number of rotatable bonds is 5. The molecule has 10 heteroatoms. The van der Waals surface area contributed by atoms with Crippen LogP contribution in [0.3, 0.4) is 0 Å². The number of esters is 1. The van der Waals surface area contributed by atoms with Crippen LogP contribution in [0.2, 0.25) is 10.0 Å². The molecule has 7 nitrogen and oxygen atoms in total. The second-order valence-electron chi connectivity index (χ2n) is 6.24. The van der Waals surface area contributed by atoms with Crippen molar-refractivity contribution in [3.05, 3.63) is 92.4 Å². The van der Waals surface area contributed by atoms with Crippen molar-refractivity contribution < 1.29 is 19.1 Å². The van der Waals surface area contributed by atoms with Gasteiger partial charge in [-0.3, -0.25) is 9.59 Å². The first-order valence-electron chi connectivity index (χ1n) is 8.99. The fourth-order valence-corrected chi connectivity index (χ4v) is 3.13. The summed E-state index contributed by atoms with van der Waals surface area (Å²) in [5.74, 6) is -2.12. The monoisotopic (exact) mass is 533 g/mol. The number of hydrogen-bond acceptors (Lipinski definition) is 5. The zero-order valence-electron chi connectivity index (χ0n) is 16.1. The van der Waals surface area contributed by atoms with E-state index in [1.165, 1.54) is 24.4 Å². The van der Waals surface area contributed by atoms with Crippen LogP contribution in [0.25, 0.3) is 0 Å². The summed E-state index contributed by atoms with van der Waals surface area (Å²) in [6, 6.07) is 17.5. The lowest BCUT2D eigenvalue weighted by atomic mass is 10.2. The standard InChI is InChI=1S/C22H14BrCl2N3O4/c23-14-3-6-16(7-4-14)27-20(29)21(30)28-26-12-13-1-8-17(9-2-13)32-22(31)18-10-5-15(24)11-19(18)25/h1-12H,(H,27,29)(H,28,30)/b26-12+. The maximum atomic E-state index is 12.2. The van der Waals surface area contributed by atoms with Gasteiger partial charge in [0.1, 0.15) is 5.75 Å². The van der Waals surface area contributed by atoms with Gasteiger partial charge in [0.25, 0.3) is 0 Å². The van der Waals surface area contributed by atoms with Crippen LogP contribution >= 0.6 is 39.1 Å². The van der Waals surface area contributed by atoms with Crippen LogP contribution in [0.4, 0.5) is 5.69 Å². The molecule has 0 fully saturated rings. The van der Waals surface area contributed by atoms with Crippen LogP contribution in [0, 0.1) is 0 Å². The van der Waals surface area contributed by atoms with Crippen molar-refractivity contribution >= 4 is 68.8 Å². The molecule has 0 aliphatic carbocycles. The normalized spacial score (nSPS) is 10.6. The highest BCUT2D eigenvalue weighted by molar-refractivity contribution is 9.10. The molecular weight excluding hydrogens is 521 g/mol. The Hall–Kier alpha value is -3.20. The predicted octanol–water partition coefficient (Wildman–Crippen LogP) is 5.06. The maximum Gasteiger partial charge on any atom is 0.345 e. The van der Waals surface area contributed by atoms with Crippen molar-refractivity contribution in [1.82, 2.24) is 5.43 Å². The number of nitrogens with zero attached hydrogens (tertiary/aromatic N) is 1. The molecule has 2 amide bonds. The average molecular weight is 535 g/mol. The van der Waals surface area contributed by atoms with E-state index >= 15 is 0 Å². The van der Waals surface area contributed by atoms with Gasteiger partial charge in [-0.1, -0.05) is 39.1 Å². The summed E-state index contributed by atoms with van der Waals surface area (Å²) >= 11 is 15.1. The van der Waals surface area contributed by atoms with E-state index in [9.17, 15) is 14.4 Å². The van der Waals surface area contributed by atoms with Gasteiger partial charge in [-0.05, 0) is 72.3 Å². The van der Waals surface area contributed by atoms with Crippen molar-refractivity contribution in [2.24, 2.45) is 5.10 Å². The van der Waals surface area contributed by atoms with E-state index in [4.69, 9.17) is 27.9 Å². The average Bonchev–Trinajstić information content (AvgIpc) is 2.76. The first-order chi connectivity index (χ1) is 15.3. The summed E-state index contributed by atoms with van der Waals surface area (Å²) in [5, 5.41) is 6.80. The molecule has 0 aromatic heterocycles. The number of nitrogens with one attached hydrogen (secondary N) is 2. The van der Waals surface area contributed by atoms with Crippen molar-refractivity contribution in [3.63, 3.8) is 0 Å². The molecular formula is C22H14BrCl2N3O4. The lowest BCUT2D eigenvalue weighted by Gasteiger charge is -2.06. The lowest BCUT2D eigenvalue weighted by molar-refractivity contribution is -0.136. The Morgan fingerprint density at radius 2 is 1.59 bits per heavy atom. The maximum absolute atomic E-state index is 12.2. The van der Waals surface area contributed by atoms with Gasteiger partial charge in [-0.25, -0.2) is 10.2 Å². The number of hydrogen-bond donors (Lipinski definition) is 2. The molecule has 3 aromatic carbocycles. The van der Waals surface area contributed by atoms with Gasteiger partial charge in [-0.15, -0.1) is 0 Å². The van der Waals surface area contributed by atoms with Gasteiger partial charge in [0.05, 0.1) is 16.8 Å². The molecule has 3 rings (SSSR count). The van der Waals surface area contributed by atoms with Gasteiger partial charge in [0, 0.05) is 15.2 Å². The van der Waals surface area contributed by atoms with Gasteiger partial charge >= 0.3 is 17.8 Å². The van der Waals surface area contributed by atoms with E-state index in [2.05, 4.69) is 31.8 Å². The minimum atomic E-state index is -0.922. The molecule has 0 aliphatic heterocycles. The van der Waals surface area contributed by atoms with Gasteiger partial charge < -0.3 is 10.1 Å². The van der Waals surface area contributed by atoms with E-state index in [1.54, 1.807) is 48.5 Å². The molecule has 32 heavy (non-hydrogen) atoms. The molecule has 0 saturated carbocycles. The van der Waals surface area contributed by atoms with Crippen LogP contribution < -0.4 is 15.5 Å². The summed E-state index contributed by atoms with van der Waals surface area (Å²) in [4.78, 5) is 35.9. The number of hydrazone groups is 1. The minimum absolute atomic E-state index is 0.186. The highest BCUT2D eigenvalue weighted by atomic mass is 79.9. The second kappa shape index (κ2) is 10.9. The van der Waals surface area contributed by atoms with Crippen LogP contribution in [0.5, 0.6) is 5.75 Å². The van der Waals surface area contributed by atoms with Crippen molar-refractivity contribution in [2.45, 2.75) is 0 Å². The molecule has 0 unspecified atom stereocenters. The highest BCUT2D eigenvalue weighted by Crippen LogP contribution is 2.23. The third-order valence-corrected chi connectivity index (χ3v) is 5.01. The number of anilines is 1. The molecule has 0 bridgehead atoms. The fourth-order valence-electron chi connectivity index (χ4n) is 2.38. The summed E-state index contributed by atoms with van der Waals surface area (Å²) in [5.41, 5.74) is 3.40. The Bertz CT molecular complexity index is 1180. The van der Waals surface area contributed by atoms with Gasteiger partial charge in [-0.2, -0.15) is 5.10 Å². The Morgan fingerprint density at radius 1 is 0.906 bits per heavy atom. The number of carbonyl (C=O) groups excluding carboxylic acids is 3. The molecule has 0 heterocycles. The summed E-state index contributed by atoms with van der Waals surface area (Å²) in [6.45, 7) is 0. The molecule has 162 valence electrons. The lowest BCUT2D eigenvalue weighted by Crippen LogP contribution is -2.32. The Balaban J connectivity index is 1.52. The summed E-state index contributed by atoms with van der Waals surface area (Å²) < 4.78 is 6.12. The molecule has 0 aliphatic rings. The first-order valence-corrected chi connectivity index (χ1v) is 10.5. The second-order valence-corrected chi connectivity index (χ2v) is 8.00. The number of amides is 2. The van der Waals surface area contributed by atoms with E-state index < -0.39 is 17.8 Å². The van der Waals surface area contributed by atoms with Crippen LogP contribution in [-0.4, -0.2) is 24.0 Å². The fraction of sp³-hybridized carbons (Fsp3) is 0. The quantitative estimate of drug-likeness (QED) is 0.157. The van der Waals surface area contributed by atoms with E-state index in [0.717, 1.165) is 4.47 Å². The molecule has 0 radical (unpaired) electrons. The third-order valence-electron chi connectivity index (χ3n) is 3.93. The van der Waals surface area contributed by atoms with Crippen molar-refractivity contribution in [1.29, 1.82) is 0 Å². The summed E-state index contributed by atoms with van der Waals surface area (Å²) in [6.07, 6.45) is 1.34. The van der Waals surface area contributed by atoms with Gasteiger partial charge in [0.2, 0.25) is 0 Å². The predicted molar refractivity (Wildman–Crippen MR) is 126 cm³/mol. The van der Waals surface area contributed by atoms with Crippen LogP contribution in [0.1, 0.15) is 15.9 Å². The molecule has 3 aromatic rings. The molecule has 0 spiro atoms. The number of ether oxygens (including phenoxy) is 1. The topological polar surface area (TPSA) is 96.9 Å². The van der Waals surface area contributed by atoms with Crippen molar-refractivity contribution in [2.75, 3.05) is 5.32 Å². The zero-order chi connectivity index (χ0) is 23.1. The third kappa shape index (κ3) is 6.65. The van der Waals surface area contributed by atoms with Gasteiger partial charge in [0.15, 0.2) is 0 Å². The van der Waals surface area contributed by atoms with Crippen LogP contribution in [0.15, 0.2) is 76.3 Å². The zero-order valence-corrected chi connectivity index (χ0v) is 19.2. The van der Waals surface area contributed by atoms with Crippen LogP contribution in [-0.2, 0) is 9.59 Å². The Morgan fingerprint density at radius 3 is 2.25 bits per heavy atom. The van der Waals surface area contributed by atoms with E-state index in [1.807, 2.05) is 0 Å². The van der Waals surface area contributed by atoms with E-state index in [0.29, 0.717) is 16.3 Å². The first kappa shape index (κ1) is 23.5. The minimum Gasteiger partial charge on any atom is -0.423 e.